The van der Waals surface area contributed by atoms with Crippen LogP contribution >= 0.6 is 0 Å². The smallest absolute Gasteiger partial charge is 0.251 e. The quantitative estimate of drug-likeness (QED) is 0.812. The Labute approximate surface area is 126 Å². The Morgan fingerprint density at radius 3 is 2.67 bits per heavy atom. The van der Waals surface area contributed by atoms with Crippen LogP contribution in [0.5, 0.6) is 5.75 Å². The van der Waals surface area contributed by atoms with E-state index in [0.717, 1.165) is 31.4 Å². The molecule has 1 aliphatic rings. The van der Waals surface area contributed by atoms with Crippen LogP contribution in [0.1, 0.15) is 43.0 Å². The third-order valence-electron chi connectivity index (χ3n) is 4.17. The van der Waals surface area contributed by atoms with Crippen LogP contribution < -0.4 is 10.1 Å². The van der Waals surface area contributed by atoms with Gasteiger partial charge in [-0.05, 0) is 55.4 Å². The van der Waals surface area contributed by atoms with Gasteiger partial charge in [-0.25, -0.2) is 0 Å². The van der Waals surface area contributed by atoms with Crippen molar-refractivity contribution < 1.29 is 14.6 Å². The van der Waals surface area contributed by atoms with Crippen molar-refractivity contribution in [3.05, 3.63) is 29.8 Å². The molecule has 2 N–H and O–H groups in total. The van der Waals surface area contributed by atoms with E-state index in [-0.39, 0.29) is 12.5 Å². The van der Waals surface area contributed by atoms with E-state index in [1.165, 1.54) is 0 Å². The number of benzene rings is 1. The lowest BCUT2D eigenvalue weighted by Crippen LogP contribution is -2.31. The summed E-state index contributed by atoms with van der Waals surface area (Å²) in [6.45, 7) is 3.63. The molecule has 2 atom stereocenters. The van der Waals surface area contributed by atoms with Crippen LogP contribution in [0.4, 0.5) is 0 Å². The Morgan fingerprint density at radius 1 is 1.29 bits per heavy atom. The van der Waals surface area contributed by atoms with Crippen molar-refractivity contribution in [2.45, 2.75) is 32.6 Å². The average molecular weight is 291 g/mol. The number of hydrogen-bond acceptors (Lipinski definition) is 3. The molecule has 0 radical (unpaired) electrons. The average Bonchev–Trinajstić information content (AvgIpc) is 2.98. The molecule has 4 heteroatoms. The topological polar surface area (TPSA) is 58.6 Å². The molecule has 1 aliphatic carbocycles. The van der Waals surface area contributed by atoms with Gasteiger partial charge in [-0.15, -0.1) is 0 Å². The number of carbonyl (C=O) groups excluding carboxylic acids is 1. The molecular formula is C17H25NO3. The highest BCUT2D eigenvalue weighted by Crippen LogP contribution is 2.30. The van der Waals surface area contributed by atoms with Crippen LogP contribution in [-0.4, -0.2) is 30.8 Å². The van der Waals surface area contributed by atoms with Crippen LogP contribution in [0.2, 0.25) is 0 Å². The highest BCUT2D eigenvalue weighted by atomic mass is 16.5. The van der Waals surface area contributed by atoms with E-state index in [2.05, 4.69) is 12.2 Å². The van der Waals surface area contributed by atoms with Gasteiger partial charge >= 0.3 is 0 Å². The number of carbonyl (C=O) groups is 1. The number of nitrogens with one attached hydrogen (secondary N) is 1. The summed E-state index contributed by atoms with van der Waals surface area (Å²) in [6.07, 6.45) is 4.28. The minimum Gasteiger partial charge on any atom is -0.494 e. The van der Waals surface area contributed by atoms with Gasteiger partial charge in [0.1, 0.15) is 5.75 Å². The molecule has 1 amide bonds. The van der Waals surface area contributed by atoms with Crippen LogP contribution in [0.15, 0.2) is 24.3 Å². The van der Waals surface area contributed by atoms with E-state index in [4.69, 9.17) is 4.74 Å². The minimum absolute atomic E-state index is 0.0550. The number of ether oxygens (including phenoxy) is 1. The van der Waals surface area contributed by atoms with Gasteiger partial charge in [-0.3, -0.25) is 4.79 Å². The van der Waals surface area contributed by atoms with Crippen molar-refractivity contribution in [1.82, 2.24) is 5.32 Å². The molecule has 21 heavy (non-hydrogen) atoms. The van der Waals surface area contributed by atoms with Crippen molar-refractivity contribution in [1.29, 1.82) is 0 Å². The number of aliphatic hydroxyl groups is 1. The first kappa shape index (κ1) is 15.8. The molecule has 1 aromatic carbocycles. The first-order valence-corrected chi connectivity index (χ1v) is 7.86. The van der Waals surface area contributed by atoms with Gasteiger partial charge in [0, 0.05) is 18.7 Å². The molecule has 0 aromatic heterocycles. The second-order valence-electron chi connectivity index (χ2n) is 5.72. The highest BCUT2D eigenvalue weighted by molar-refractivity contribution is 5.94. The summed E-state index contributed by atoms with van der Waals surface area (Å²) in [5, 5.41) is 12.3. The molecule has 1 aromatic rings. The third-order valence-corrected chi connectivity index (χ3v) is 4.17. The molecule has 0 saturated heterocycles. The lowest BCUT2D eigenvalue weighted by atomic mass is 9.97. The summed E-state index contributed by atoms with van der Waals surface area (Å²) in [4.78, 5) is 12.1. The molecule has 4 nitrogen and oxygen atoms in total. The fraction of sp³-hybridized carbons (Fsp3) is 0.588. The predicted molar refractivity (Wildman–Crippen MR) is 82.5 cm³/mol. The van der Waals surface area contributed by atoms with Crippen molar-refractivity contribution in [3.63, 3.8) is 0 Å². The molecule has 0 aliphatic heterocycles. The van der Waals surface area contributed by atoms with Crippen LogP contribution in [0.25, 0.3) is 0 Å². The lowest BCUT2D eigenvalue weighted by Gasteiger charge is -2.17. The maximum atomic E-state index is 12.1. The maximum absolute atomic E-state index is 12.1. The number of rotatable bonds is 7. The van der Waals surface area contributed by atoms with E-state index in [9.17, 15) is 9.90 Å². The summed E-state index contributed by atoms with van der Waals surface area (Å²) in [5.41, 5.74) is 0.650. The Hall–Kier alpha value is -1.55. The van der Waals surface area contributed by atoms with Gasteiger partial charge in [0.25, 0.3) is 5.91 Å². The van der Waals surface area contributed by atoms with Crippen molar-refractivity contribution in [2.75, 3.05) is 19.8 Å². The Morgan fingerprint density at radius 2 is 2.00 bits per heavy atom. The molecular weight excluding hydrogens is 266 g/mol. The van der Waals surface area contributed by atoms with E-state index >= 15 is 0 Å². The third kappa shape index (κ3) is 4.46. The Bertz CT molecular complexity index is 444. The van der Waals surface area contributed by atoms with Gasteiger partial charge in [0.15, 0.2) is 0 Å². The monoisotopic (exact) mass is 291 g/mol. The largest absolute Gasteiger partial charge is 0.494 e. The number of hydrogen-bond donors (Lipinski definition) is 2. The zero-order valence-corrected chi connectivity index (χ0v) is 12.7. The first-order valence-electron chi connectivity index (χ1n) is 7.86. The van der Waals surface area contributed by atoms with Crippen LogP contribution in [-0.2, 0) is 0 Å². The normalized spacial score (nSPS) is 21.2. The van der Waals surface area contributed by atoms with Crippen molar-refractivity contribution >= 4 is 5.91 Å². The van der Waals surface area contributed by atoms with Crippen LogP contribution in [0, 0.1) is 11.8 Å². The highest BCUT2D eigenvalue weighted by Gasteiger charge is 2.26. The second kappa shape index (κ2) is 8.03. The van der Waals surface area contributed by atoms with Gasteiger partial charge in [0.05, 0.1) is 6.61 Å². The first-order chi connectivity index (χ1) is 10.2. The van der Waals surface area contributed by atoms with E-state index in [1.807, 2.05) is 12.1 Å². The van der Waals surface area contributed by atoms with E-state index in [0.29, 0.717) is 30.6 Å². The Balaban J connectivity index is 1.82. The molecule has 2 rings (SSSR count). The Kier molecular flexibility index (Phi) is 6.05. The SMILES string of the molecule is CCCOc1ccc(C(=O)NCC2CCCC2CO)cc1. The summed E-state index contributed by atoms with van der Waals surface area (Å²) < 4.78 is 5.50. The molecule has 2 unspecified atom stereocenters. The van der Waals surface area contributed by atoms with Crippen LogP contribution in [0.3, 0.4) is 0 Å². The maximum Gasteiger partial charge on any atom is 0.251 e. The molecule has 0 heterocycles. The second-order valence-corrected chi connectivity index (χ2v) is 5.72. The minimum atomic E-state index is -0.0550. The van der Waals surface area contributed by atoms with Crippen molar-refractivity contribution in [3.8, 4) is 5.75 Å². The summed E-state index contributed by atoms with van der Waals surface area (Å²) >= 11 is 0. The lowest BCUT2D eigenvalue weighted by molar-refractivity contribution is 0.0937. The van der Waals surface area contributed by atoms with E-state index in [1.54, 1.807) is 12.1 Å². The molecule has 1 saturated carbocycles. The molecule has 0 bridgehead atoms. The molecule has 0 spiro atoms. The fourth-order valence-electron chi connectivity index (χ4n) is 2.87. The van der Waals surface area contributed by atoms with Gasteiger partial charge < -0.3 is 15.2 Å². The summed E-state index contributed by atoms with van der Waals surface area (Å²) in [6, 6.07) is 7.24. The van der Waals surface area contributed by atoms with Crippen molar-refractivity contribution in [2.24, 2.45) is 11.8 Å². The fourth-order valence-corrected chi connectivity index (χ4v) is 2.87. The molecule has 116 valence electrons. The number of aliphatic hydroxyl groups excluding tert-OH is 1. The van der Waals surface area contributed by atoms with Gasteiger partial charge in [-0.1, -0.05) is 13.3 Å². The predicted octanol–water partition coefficient (Wildman–Crippen LogP) is 2.61. The standard InChI is InChI=1S/C17H25NO3/c1-2-10-21-16-8-6-13(7-9-16)17(20)18-11-14-4-3-5-15(14)12-19/h6-9,14-15,19H,2-5,10-12H2,1H3,(H,18,20). The zero-order chi connectivity index (χ0) is 15.1. The zero-order valence-electron chi connectivity index (χ0n) is 12.7. The van der Waals surface area contributed by atoms with E-state index < -0.39 is 0 Å². The van der Waals surface area contributed by atoms with Gasteiger partial charge in [-0.2, -0.15) is 0 Å². The van der Waals surface area contributed by atoms with Gasteiger partial charge in [0.2, 0.25) is 0 Å². The number of amides is 1. The summed E-state index contributed by atoms with van der Waals surface area (Å²) in [7, 11) is 0. The summed E-state index contributed by atoms with van der Waals surface area (Å²) in [5.74, 6) is 1.49. The molecule has 1 fully saturated rings.